The number of anilines is 6. The van der Waals surface area contributed by atoms with E-state index in [4.69, 9.17) is 0 Å². The summed E-state index contributed by atoms with van der Waals surface area (Å²) >= 11 is 1.85. The standard InChI is InChI=1S/C36H26N2S/c1-4-14-27(15-5-1)37(28-16-6-2-7-17-28)33-21-11-12-22-34(33)38(29-18-8-3-9-19-29)30-24-25-32-31-20-10-13-23-35(31)39-36(32)26-30/h1-26H. The van der Waals surface area contributed by atoms with Crippen LogP contribution in [0.1, 0.15) is 0 Å². The van der Waals surface area contributed by atoms with Gasteiger partial charge in [0, 0.05) is 42.9 Å². The van der Waals surface area contributed by atoms with E-state index in [1.54, 1.807) is 0 Å². The molecule has 0 unspecified atom stereocenters. The van der Waals surface area contributed by atoms with Gasteiger partial charge in [0.25, 0.3) is 0 Å². The molecule has 7 aromatic rings. The van der Waals surface area contributed by atoms with Crippen molar-refractivity contribution >= 4 is 65.6 Å². The molecule has 0 radical (unpaired) electrons. The van der Waals surface area contributed by atoms with E-state index in [0.29, 0.717) is 0 Å². The fourth-order valence-corrected chi connectivity index (χ4v) is 6.42. The van der Waals surface area contributed by atoms with Gasteiger partial charge in [-0.3, -0.25) is 0 Å². The van der Waals surface area contributed by atoms with Crippen LogP contribution in [0.2, 0.25) is 0 Å². The molecule has 0 aliphatic heterocycles. The van der Waals surface area contributed by atoms with Crippen LogP contribution in [0.25, 0.3) is 20.2 Å². The smallest absolute Gasteiger partial charge is 0.0702 e. The Morgan fingerprint density at radius 1 is 0.333 bits per heavy atom. The van der Waals surface area contributed by atoms with E-state index in [1.165, 1.54) is 20.2 Å². The Hall–Kier alpha value is -4.86. The second kappa shape index (κ2) is 10.1. The van der Waals surface area contributed by atoms with Gasteiger partial charge in [-0.25, -0.2) is 0 Å². The minimum atomic E-state index is 1.11. The molecular weight excluding hydrogens is 492 g/mol. The van der Waals surface area contributed by atoms with Gasteiger partial charge in [0.15, 0.2) is 0 Å². The normalized spacial score (nSPS) is 11.1. The lowest BCUT2D eigenvalue weighted by Crippen LogP contribution is -2.16. The van der Waals surface area contributed by atoms with Crippen molar-refractivity contribution in [2.24, 2.45) is 0 Å². The van der Waals surface area contributed by atoms with Gasteiger partial charge in [-0.05, 0) is 66.7 Å². The topological polar surface area (TPSA) is 6.48 Å². The van der Waals surface area contributed by atoms with Crippen molar-refractivity contribution in [2.45, 2.75) is 0 Å². The summed E-state index contributed by atoms with van der Waals surface area (Å²) in [4.78, 5) is 4.71. The average Bonchev–Trinajstić information content (AvgIpc) is 3.38. The number of hydrogen-bond donors (Lipinski definition) is 0. The van der Waals surface area contributed by atoms with Gasteiger partial charge in [-0.1, -0.05) is 91.0 Å². The van der Waals surface area contributed by atoms with Crippen LogP contribution in [0.5, 0.6) is 0 Å². The Kier molecular flexibility index (Phi) is 6.04. The third-order valence-corrected chi connectivity index (χ3v) is 8.16. The quantitative estimate of drug-likeness (QED) is 0.216. The van der Waals surface area contributed by atoms with Crippen LogP contribution in [0.15, 0.2) is 158 Å². The first-order valence-corrected chi connectivity index (χ1v) is 13.9. The molecule has 0 aliphatic carbocycles. The maximum absolute atomic E-state index is 2.37. The van der Waals surface area contributed by atoms with Gasteiger partial charge >= 0.3 is 0 Å². The summed E-state index contributed by atoms with van der Waals surface area (Å²) in [5, 5.41) is 2.62. The van der Waals surface area contributed by atoms with E-state index >= 15 is 0 Å². The maximum Gasteiger partial charge on any atom is 0.0702 e. The molecule has 3 heteroatoms. The first-order valence-electron chi connectivity index (χ1n) is 13.1. The molecule has 0 amide bonds. The Bertz CT molecular complexity index is 1820. The zero-order valence-corrected chi connectivity index (χ0v) is 22.1. The summed E-state index contributed by atoms with van der Waals surface area (Å²) in [6, 6.07) is 56.0. The second-order valence-corrected chi connectivity index (χ2v) is 10.5. The summed E-state index contributed by atoms with van der Waals surface area (Å²) in [6.07, 6.45) is 0. The highest BCUT2D eigenvalue weighted by atomic mass is 32.1. The van der Waals surface area contributed by atoms with Gasteiger partial charge in [-0.15, -0.1) is 11.3 Å². The lowest BCUT2D eigenvalue weighted by Gasteiger charge is -2.33. The lowest BCUT2D eigenvalue weighted by molar-refractivity contribution is 1.23. The molecule has 2 nitrogen and oxygen atoms in total. The minimum absolute atomic E-state index is 1.11. The summed E-state index contributed by atoms with van der Waals surface area (Å²) in [6.45, 7) is 0. The fraction of sp³-hybridized carbons (Fsp3) is 0. The van der Waals surface area contributed by atoms with E-state index < -0.39 is 0 Å². The molecule has 186 valence electrons. The van der Waals surface area contributed by atoms with Crippen LogP contribution in [0.3, 0.4) is 0 Å². The van der Waals surface area contributed by atoms with Crippen LogP contribution in [-0.2, 0) is 0 Å². The molecule has 0 aliphatic rings. The predicted molar refractivity (Wildman–Crippen MR) is 169 cm³/mol. The van der Waals surface area contributed by atoms with Crippen molar-refractivity contribution in [2.75, 3.05) is 9.80 Å². The number of benzene rings is 6. The van der Waals surface area contributed by atoms with Crippen LogP contribution >= 0.6 is 11.3 Å². The van der Waals surface area contributed by atoms with Gasteiger partial charge < -0.3 is 9.80 Å². The van der Waals surface area contributed by atoms with Crippen molar-refractivity contribution in [1.29, 1.82) is 0 Å². The van der Waals surface area contributed by atoms with Crippen LogP contribution in [0, 0.1) is 0 Å². The van der Waals surface area contributed by atoms with E-state index in [-0.39, 0.29) is 0 Å². The van der Waals surface area contributed by atoms with E-state index in [1.807, 2.05) is 11.3 Å². The summed E-state index contributed by atoms with van der Waals surface area (Å²) < 4.78 is 2.60. The van der Waals surface area contributed by atoms with Crippen LogP contribution < -0.4 is 9.80 Å². The molecular formula is C36H26N2S. The molecule has 0 saturated heterocycles. The number of nitrogens with zero attached hydrogens (tertiary/aromatic N) is 2. The van der Waals surface area contributed by atoms with Crippen molar-refractivity contribution in [3.63, 3.8) is 0 Å². The van der Waals surface area contributed by atoms with Gasteiger partial charge in [-0.2, -0.15) is 0 Å². The van der Waals surface area contributed by atoms with Gasteiger partial charge in [0.2, 0.25) is 0 Å². The zero-order chi connectivity index (χ0) is 26.0. The van der Waals surface area contributed by atoms with Crippen molar-refractivity contribution in [3.8, 4) is 0 Å². The monoisotopic (exact) mass is 518 g/mol. The SMILES string of the molecule is c1ccc(N(c2ccccc2)c2ccccc2N(c2ccccc2)c2ccc3c(c2)sc2ccccc23)cc1. The largest absolute Gasteiger partial charge is 0.308 e. The number of thiophene rings is 1. The molecule has 0 spiro atoms. The number of hydrogen-bond acceptors (Lipinski definition) is 3. The maximum atomic E-state index is 2.37. The van der Waals surface area contributed by atoms with E-state index in [9.17, 15) is 0 Å². The first kappa shape index (κ1) is 23.3. The summed E-state index contributed by atoms with van der Waals surface area (Å²) in [5.74, 6) is 0. The summed E-state index contributed by atoms with van der Waals surface area (Å²) in [5.41, 5.74) is 6.69. The average molecular weight is 519 g/mol. The number of rotatable bonds is 6. The van der Waals surface area contributed by atoms with Crippen molar-refractivity contribution in [1.82, 2.24) is 0 Å². The van der Waals surface area contributed by atoms with E-state index in [2.05, 4.69) is 168 Å². The molecule has 1 heterocycles. The first-order chi connectivity index (χ1) is 19.4. The van der Waals surface area contributed by atoms with Gasteiger partial charge in [0.1, 0.15) is 0 Å². The molecule has 0 atom stereocenters. The molecule has 39 heavy (non-hydrogen) atoms. The molecule has 1 aromatic heterocycles. The molecule has 7 rings (SSSR count). The van der Waals surface area contributed by atoms with Gasteiger partial charge in [0.05, 0.1) is 11.4 Å². The van der Waals surface area contributed by atoms with Crippen LogP contribution in [0.4, 0.5) is 34.1 Å². The molecule has 0 saturated carbocycles. The third-order valence-electron chi connectivity index (χ3n) is 7.03. The second-order valence-electron chi connectivity index (χ2n) is 9.44. The van der Waals surface area contributed by atoms with Crippen molar-refractivity contribution < 1.29 is 0 Å². The molecule has 0 N–H and O–H groups in total. The van der Waals surface area contributed by atoms with Crippen molar-refractivity contribution in [3.05, 3.63) is 158 Å². The Morgan fingerprint density at radius 2 is 0.769 bits per heavy atom. The Balaban J connectivity index is 1.46. The molecule has 0 bridgehead atoms. The molecule has 0 fully saturated rings. The number of fused-ring (bicyclic) bond motifs is 3. The van der Waals surface area contributed by atoms with Crippen LogP contribution in [-0.4, -0.2) is 0 Å². The highest BCUT2D eigenvalue weighted by Gasteiger charge is 2.22. The molecule has 6 aromatic carbocycles. The highest BCUT2D eigenvalue weighted by Crippen LogP contribution is 2.46. The third kappa shape index (κ3) is 4.33. The zero-order valence-electron chi connectivity index (χ0n) is 21.3. The highest BCUT2D eigenvalue weighted by molar-refractivity contribution is 7.25. The predicted octanol–water partition coefficient (Wildman–Crippen LogP) is 11.0. The summed E-state index contributed by atoms with van der Waals surface area (Å²) in [7, 11) is 0. The Morgan fingerprint density at radius 3 is 1.33 bits per heavy atom. The lowest BCUT2D eigenvalue weighted by atomic mass is 10.1. The van der Waals surface area contributed by atoms with E-state index in [0.717, 1.165) is 34.1 Å². The number of para-hydroxylation sites is 5. The fourth-order valence-electron chi connectivity index (χ4n) is 5.28. The minimum Gasteiger partial charge on any atom is -0.308 e. The Labute approximate surface area is 232 Å².